The molecule has 0 N–H and O–H groups in total. The van der Waals surface area contributed by atoms with Crippen LogP contribution in [0.5, 0.6) is 11.5 Å². The number of para-hydroxylation sites is 1. The van der Waals surface area contributed by atoms with Gasteiger partial charge in [-0.15, -0.1) is 0 Å². The lowest BCUT2D eigenvalue weighted by Gasteiger charge is -2.29. The summed E-state index contributed by atoms with van der Waals surface area (Å²) in [4.78, 5) is 25.9. The molecular formula is C19H27NO5. The number of hydrogen-bond donors (Lipinski definition) is 0. The Balaban J connectivity index is 2.31. The molecule has 1 fully saturated rings. The van der Waals surface area contributed by atoms with Crippen LogP contribution in [-0.2, 0) is 9.53 Å². The van der Waals surface area contributed by atoms with Crippen LogP contribution in [0, 0.1) is 0 Å². The Morgan fingerprint density at radius 1 is 1.28 bits per heavy atom. The van der Waals surface area contributed by atoms with E-state index in [4.69, 9.17) is 14.2 Å². The largest absolute Gasteiger partial charge is 0.492 e. The number of rotatable bonds is 4. The number of carbonyl (C=O) groups is 2. The van der Waals surface area contributed by atoms with Gasteiger partial charge in [0, 0.05) is 18.5 Å². The van der Waals surface area contributed by atoms with Gasteiger partial charge in [-0.2, -0.15) is 0 Å². The third-order valence-electron chi connectivity index (χ3n) is 3.97. The fourth-order valence-electron chi connectivity index (χ4n) is 2.92. The molecule has 1 aliphatic rings. The molecule has 25 heavy (non-hydrogen) atoms. The molecule has 1 heterocycles. The highest BCUT2D eigenvalue weighted by atomic mass is 16.6. The predicted octanol–water partition coefficient (Wildman–Crippen LogP) is 4.08. The van der Waals surface area contributed by atoms with Crippen molar-refractivity contribution in [3.05, 3.63) is 23.8 Å². The minimum Gasteiger partial charge on any atom is -0.492 e. The van der Waals surface area contributed by atoms with Gasteiger partial charge in [-0.05, 0) is 39.7 Å². The smallest absolute Gasteiger partial charge is 0.410 e. The minimum absolute atomic E-state index is 0.162. The van der Waals surface area contributed by atoms with Crippen molar-refractivity contribution < 1.29 is 23.8 Å². The lowest BCUT2D eigenvalue weighted by molar-refractivity contribution is -0.134. The van der Waals surface area contributed by atoms with Crippen molar-refractivity contribution in [2.24, 2.45) is 0 Å². The van der Waals surface area contributed by atoms with Crippen molar-refractivity contribution in [3.63, 3.8) is 0 Å². The van der Waals surface area contributed by atoms with Crippen LogP contribution in [0.25, 0.3) is 0 Å². The standard InChI is InChI=1S/C19H27NO5/c1-6-16(21)24-15-11-7-9-13(17(15)23-5)14-10-8-12-20(14)18(22)25-19(2,3)4/h7,9,11,14H,6,8,10,12H2,1-5H3. The third-order valence-corrected chi connectivity index (χ3v) is 3.97. The van der Waals surface area contributed by atoms with Crippen molar-refractivity contribution in [2.45, 2.75) is 58.6 Å². The average Bonchev–Trinajstić information content (AvgIpc) is 3.02. The second kappa shape index (κ2) is 7.76. The number of amides is 1. The van der Waals surface area contributed by atoms with Gasteiger partial charge in [-0.1, -0.05) is 19.1 Å². The normalized spacial score (nSPS) is 17.3. The zero-order chi connectivity index (χ0) is 18.6. The Hall–Kier alpha value is -2.24. The number of methoxy groups -OCH3 is 1. The van der Waals surface area contributed by atoms with Gasteiger partial charge in [-0.25, -0.2) is 4.79 Å². The summed E-state index contributed by atoms with van der Waals surface area (Å²) in [6.07, 6.45) is 1.63. The van der Waals surface area contributed by atoms with Crippen molar-refractivity contribution >= 4 is 12.1 Å². The molecular weight excluding hydrogens is 322 g/mol. The molecule has 0 saturated carbocycles. The first-order chi connectivity index (χ1) is 11.8. The maximum atomic E-state index is 12.5. The molecule has 0 aromatic heterocycles. The third kappa shape index (κ3) is 4.65. The van der Waals surface area contributed by atoms with Gasteiger partial charge in [0.25, 0.3) is 0 Å². The molecule has 6 nitrogen and oxygen atoms in total. The molecule has 1 aromatic rings. The Labute approximate surface area is 149 Å². The molecule has 6 heteroatoms. The summed E-state index contributed by atoms with van der Waals surface area (Å²) < 4.78 is 16.4. The number of carbonyl (C=O) groups excluding carboxylic acids is 2. The van der Waals surface area contributed by atoms with Crippen LogP contribution in [0.2, 0.25) is 0 Å². The van der Waals surface area contributed by atoms with E-state index in [0.717, 1.165) is 18.4 Å². The second-order valence-corrected chi connectivity index (χ2v) is 7.04. The van der Waals surface area contributed by atoms with Crippen LogP contribution in [-0.4, -0.2) is 36.2 Å². The first-order valence-corrected chi connectivity index (χ1v) is 8.64. The van der Waals surface area contributed by atoms with Gasteiger partial charge in [-0.3, -0.25) is 4.79 Å². The average molecular weight is 349 g/mol. The van der Waals surface area contributed by atoms with Crippen LogP contribution in [0.1, 0.15) is 58.6 Å². The van der Waals surface area contributed by atoms with Gasteiger partial charge in [0.2, 0.25) is 0 Å². The first-order valence-electron chi connectivity index (χ1n) is 8.64. The summed E-state index contributed by atoms with van der Waals surface area (Å²) >= 11 is 0. The SMILES string of the molecule is CCC(=O)Oc1cccc(C2CCCN2C(=O)OC(C)(C)C)c1OC. The highest BCUT2D eigenvalue weighted by Gasteiger charge is 2.35. The number of benzene rings is 1. The molecule has 1 amide bonds. The Morgan fingerprint density at radius 2 is 2.00 bits per heavy atom. The lowest BCUT2D eigenvalue weighted by atomic mass is 10.0. The molecule has 1 aliphatic heterocycles. The van der Waals surface area contributed by atoms with E-state index in [0.29, 0.717) is 18.0 Å². The predicted molar refractivity (Wildman–Crippen MR) is 93.8 cm³/mol. The molecule has 1 atom stereocenters. The Kier molecular flexibility index (Phi) is 5.93. The molecule has 0 aliphatic carbocycles. The molecule has 1 aromatic carbocycles. The van der Waals surface area contributed by atoms with Crippen LogP contribution >= 0.6 is 0 Å². The molecule has 0 spiro atoms. The summed E-state index contributed by atoms with van der Waals surface area (Å²) in [6, 6.07) is 5.24. The fraction of sp³-hybridized carbons (Fsp3) is 0.579. The quantitative estimate of drug-likeness (QED) is 0.605. The van der Waals surface area contributed by atoms with E-state index < -0.39 is 5.60 Å². The van der Waals surface area contributed by atoms with E-state index in [1.807, 2.05) is 32.9 Å². The molecule has 2 rings (SSSR count). The van der Waals surface area contributed by atoms with Crippen molar-refractivity contribution in [1.82, 2.24) is 4.90 Å². The number of likely N-dealkylation sites (tertiary alicyclic amines) is 1. The van der Waals surface area contributed by atoms with Gasteiger partial charge < -0.3 is 19.1 Å². The van der Waals surface area contributed by atoms with Crippen molar-refractivity contribution in [2.75, 3.05) is 13.7 Å². The van der Waals surface area contributed by atoms with E-state index >= 15 is 0 Å². The highest BCUT2D eigenvalue weighted by molar-refractivity contribution is 5.73. The molecule has 138 valence electrons. The zero-order valence-electron chi connectivity index (χ0n) is 15.6. The maximum absolute atomic E-state index is 12.5. The van der Waals surface area contributed by atoms with E-state index in [-0.39, 0.29) is 24.5 Å². The first kappa shape index (κ1) is 19.1. The summed E-state index contributed by atoms with van der Waals surface area (Å²) in [5, 5.41) is 0. The molecule has 1 saturated heterocycles. The highest BCUT2D eigenvalue weighted by Crippen LogP contribution is 2.42. The zero-order valence-corrected chi connectivity index (χ0v) is 15.6. The van der Waals surface area contributed by atoms with E-state index in [1.54, 1.807) is 17.9 Å². The van der Waals surface area contributed by atoms with Crippen LogP contribution in [0.15, 0.2) is 18.2 Å². The molecule has 0 bridgehead atoms. The summed E-state index contributed by atoms with van der Waals surface area (Å²) in [7, 11) is 1.54. The lowest BCUT2D eigenvalue weighted by Crippen LogP contribution is -2.36. The summed E-state index contributed by atoms with van der Waals surface area (Å²) in [6.45, 7) is 7.91. The van der Waals surface area contributed by atoms with Crippen LogP contribution in [0.4, 0.5) is 4.79 Å². The number of hydrogen-bond acceptors (Lipinski definition) is 5. The van der Waals surface area contributed by atoms with Crippen LogP contribution < -0.4 is 9.47 Å². The summed E-state index contributed by atoms with van der Waals surface area (Å²) in [5.41, 5.74) is 0.277. The van der Waals surface area contributed by atoms with Crippen LogP contribution in [0.3, 0.4) is 0 Å². The van der Waals surface area contributed by atoms with Gasteiger partial charge in [0.1, 0.15) is 5.60 Å². The number of nitrogens with zero attached hydrogens (tertiary/aromatic N) is 1. The number of ether oxygens (including phenoxy) is 3. The molecule has 0 radical (unpaired) electrons. The van der Waals surface area contributed by atoms with E-state index in [1.165, 1.54) is 7.11 Å². The maximum Gasteiger partial charge on any atom is 0.410 e. The molecule has 1 unspecified atom stereocenters. The summed E-state index contributed by atoms with van der Waals surface area (Å²) in [5.74, 6) is 0.540. The minimum atomic E-state index is -0.549. The second-order valence-electron chi connectivity index (χ2n) is 7.04. The monoisotopic (exact) mass is 349 g/mol. The Bertz CT molecular complexity index is 635. The van der Waals surface area contributed by atoms with Gasteiger partial charge in [0.05, 0.1) is 13.2 Å². The van der Waals surface area contributed by atoms with E-state index in [2.05, 4.69) is 0 Å². The topological polar surface area (TPSA) is 65.1 Å². The van der Waals surface area contributed by atoms with Crippen molar-refractivity contribution in [3.8, 4) is 11.5 Å². The van der Waals surface area contributed by atoms with Gasteiger partial charge >= 0.3 is 12.1 Å². The van der Waals surface area contributed by atoms with Gasteiger partial charge in [0.15, 0.2) is 11.5 Å². The van der Waals surface area contributed by atoms with Crippen molar-refractivity contribution in [1.29, 1.82) is 0 Å². The Morgan fingerprint density at radius 3 is 2.60 bits per heavy atom. The van der Waals surface area contributed by atoms with E-state index in [9.17, 15) is 9.59 Å². The fourth-order valence-corrected chi connectivity index (χ4v) is 2.92. The number of esters is 1.